The molecule has 134 valence electrons. The highest BCUT2D eigenvalue weighted by Gasteiger charge is 2.49. The molecule has 0 saturated carbocycles. The third-order valence-electron chi connectivity index (χ3n) is 3.95. The van der Waals surface area contributed by atoms with Crippen LogP contribution in [0.3, 0.4) is 0 Å². The van der Waals surface area contributed by atoms with E-state index in [2.05, 4.69) is 4.99 Å². The minimum Gasteiger partial charge on any atom is -0.481 e. The van der Waals surface area contributed by atoms with E-state index in [9.17, 15) is 18.0 Å². The van der Waals surface area contributed by atoms with Crippen molar-refractivity contribution in [3.05, 3.63) is 29.3 Å². The van der Waals surface area contributed by atoms with Crippen molar-refractivity contribution >= 4 is 55.9 Å². The highest BCUT2D eigenvalue weighted by atomic mass is 35.5. The number of hydrogen-bond donors (Lipinski definition) is 1. The SMILES string of the molecule is O=C(O)CCC(=O)N=C1S[C@@H]2CS(=O)(=O)C[C@@H]2N1c1ccccc1Cl. The lowest BCUT2D eigenvalue weighted by molar-refractivity contribution is -0.138. The van der Waals surface area contributed by atoms with Gasteiger partial charge in [0.15, 0.2) is 15.0 Å². The average Bonchev–Trinajstić information content (AvgIpc) is 2.97. The molecule has 2 aliphatic rings. The number of nitrogens with zero attached hydrogens (tertiary/aromatic N) is 2. The van der Waals surface area contributed by atoms with Crippen molar-refractivity contribution in [2.24, 2.45) is 4.99 Å². The van der Waals surface area contributed by atoms with E-state index < -0.39 is 21.7 Å². The molecule has 0 radical (unpaired) electrons. The van der Waals surface area contributed by atoms with E-state index in [4.69, 9.17) is 16.7 Å². The van der Waals surface area contributed by atoms with Gasteiger partial charge in [-0.25, -0.2) is 8.42 Å². The van der Waals surface area contributed by atoms with Crippen molar-refractivity contribution in [1.29, 1.82) is 0 Å². The number of benzene rings is 1. The molecule has 7 nitrogen and oxygen atoms in total. The summed E-state index contributed by atoms with van der Waals surface area (Å²) in [6.07, 6.45) is -0.503. The van der Waals surface area contributed by atoms with Gasteiger partial charge in [-0.2, -0.15) is 4.99 Å². The number of para-hydroxylation sites is 1. The Morgan fingerprint density at radius 3 is 2.68 bits per heavy atom. The number of fused-ring (bicyclic) bond motifs is 1. The Labute approximate surface area is 154 Å². The minimum absolute atomic E-state index is 0.0195. The van der Waals surface area contributed by atoms with E-state index in [1.54, 1.807) is 29.2 Å². The van der Waals surface area contributed by atoms with Crippen LogP contribution in [0.4, 0.5) is 5.69 Å². The number of amidine groups is 1. The maximum absolute atomic E-state index is 12.0. The zero-order valence-electron chi connectivity index (χ0n) is 13.0. The molecular weight excluding hydrogens is 388 g/mol. The smallest absolute Gasteiger partial charge is 0.303 e. The minimum atomic E-state index is -3.16. The number of aliphatic imine (C=N–C) groups is 1. The Morgan fingerprint density at radius 2 is 2.00 bits per heavy atom. The Balaban J connectivity index is 1.94. The summed E-state index contributed by atoms with van der Waals surface area (Å²) in [4.78, 5) is 28.3. The molecule has 2 aliphatic heterocycles. The van der Waals surface area contributed by atoms with Gasteiger partial charge in [-0.15, -0.1) is 0 Å². The molecule has 2 atom stereocenters. The highest BCUT2D eigenvalue weighted by Crippen LogP contribution is 2.42. The number of hydrogen-bond acceptors (Lipinski definition) is 5. The van der Waals surface area contributed by atoms with Crippen LogP contribution in [0.25, 0.3) is 0 Å². The summed E-state index contributed by atoms with van der Waals surface area (Å²) in [5, 5.41) is 9.25. The van der Waals surface area contributed by atoms with E-state index in [-0.39, 0.29) is 35.6 Å². The van der Waals surface area contributed by atoms with Crippen molar-refractivity contribution in [2.75, 3.05) is 16.4 Å². The third kappa shape index (κ3) is 3.99. The molecule has 1 N–H and O–H groups in total. The van der Waals surface area contributed by atoms with Gasteiger partial charge in [0, 0.05) is 11.7 Å². The standard InChI is InChI=1S/C15H15ClN2O5S2/c16-9-3-1-2-4-10(9)18-11-7-25(22,23)8-12(11)24-15(18)17-13(19)5-6-14(20)21/h1-4,11-12H,5-8H2,(H,20,21)/t11-,12+/m0/s1. The summed E-state index contributed by atoms with van der Waals surface area (Å²) in [5.74, 6) is -1.63. The number of aliphatic carboxylic acids is 1. The summed E-state index contributed by atoms with van der Waals surface area (Å²) >= 11 is 7.48. The Hall–Kier alpha value is -1.58. The number of carbonyl (C=O) groups excluding carboxylic acids is 1. The maximum Gasteiger partial charge on any atom is 0.303 e. The molecule has 0 spiro atoms. The second-order valence-corrected chi connectivity index (χ2v) is 9.57. The lowest BCUT2D eigenvalue weighted by atomic mass is 10.2. The molecule has 25 heavy (non-hydrogen) atoms. The van der Waals surface area contributed by atoms with Crippen LogP contribution in [0.1, 0.15) is 12.8 Å². The molecule has 10 heteroatoms. The van der Waals surface area contributed by atoms with Gasteiger partial charge >= 0.3 is 5.97 Å². The second-order valence-electron chi connectivity index (χ2n) is 5.80. The summed E-state index contributed by atoms with van der Waals surface area (Å²) < 4.78 is 23.9. The summed E-state index contributed by atoms with van der Waals surface area (Å²) in [6.45, 7) is 0. The third-order valence-corrected chi connectivity index (χ3v) is 7.48. The van der Waals surface area contributed by atoms with E-state index in [0.29, 0.717) is 15.9 Å². The normalized spacial score (nSPS) is 26.0. The number of carboxylic acids is 1. The zero-order chi connectivity index (χ0) is 18.2. The monoisotopic (exact) mass is 402 g/mol. The van der Waals surface area contributed by atoms with Crippen LogP contribution in [0.5, 0.6) is 0 Å². The number of halogens is 1. The number of rotatable bonds is 4. The average molecular weight is 403 g/mol. The van der Waals surface area contributed by atoms with E-state index in [1.807, 2.05) is 0 Å². The number of carbonyl (C=O) groups is 2. The van der Waals surface area contributed by atoms with Crippen LogP contribution in [0.2, 0.25) is 5.02 Å². The molecule has 0 unspecified atom stereocenters. The molecule has 2 fully saturated rings. The molecule has 1 aromatic carbocycles. The predicted molar refractivity (Wildman–Crippen MR) is 97.1 cm³/mol. The molecule has 1 aromatic rings. The molecule has 0 aliphatic carbocycles. The number of anilines is 1. The van der Waals surface area contributed by atoms with E-state index in [1.165, 1.54) is 11.8 Å². The molecular formula is C15H15ClN2O5S2. The molecule has 2 saturated heterocycles. The second kappa shape index (κ2) is 6.97. The molecule has 3 rings (SSSR count). The van der Waals surface area contributed by atoms with Gasteiger partial charge in [0.25, 0.3) is 0 Å². The van der Waals surface area contributed by atoms with Crippen molar-refractivity contribution < 1.29 is 23.1 Å². The van der Waals surface area contributed by atoms with Crippen molar-refractivity contribution in [1.82, 2.24) is 0 Å². The number of sulfone groups is 1. The van der Waals surface area contributed by atoms with Gasteiger partial charge in [-0.05, 0) is 12.1 Å². The van der Waals surface area contributed by atoms with E-state index in [0.717, 1.165) is 0 Å². The zero-order valence-corrected chi connectivity index (χ0v) is 15.4. The van der Waals surface area contributed by atoms with Crippen molar-refractivity contribution in [3.8, 4) is 0 Å². The van der Waals surface area contributed by atoms with Crippen molar-refractivity contribution in [3.63, 3.8) is 0 Å². The lowest BCUT2D eigenvalue weighted by Crippen LogP contribution is -2.37. The first-order chi connectivity index (χ1) is 11.8. The largest absolute Gasteiger partial charge is 0.481 e. The Morgan fingerprint density at radius 1 is 1.28 bits per heavy atom. The van der Waals surface area contributed by atoms with Crippen LogP contribution in [0, 0.1) is 0 Å². The summed E-state index contributed by atoms with van der Waals surface area (Å²) in [6, 6.07) is 6.61. The topological polar surface area (TPSA) is 104 Å². The highest BCUT2D eigenvalue weighted by molar-refractivity contribution is 8.16. The number of carboxylic acid groups (broad SMARTS) is 1. The quantitative estimate of drug-likeness (QED) is 0.818. The van der Waals surface area contributed by atoms with Crippen LogP contribution < -0.4 is 4.90 Å². The Bertz CT molecular complexity index is 855. The predicted octanol–water partition coefficient (Wildman–Crippen LogP) is 1.81. The first kappa shape index (κ1) is 18.2. The van der Waals surface area contributed by atoms with Gasteiger partial charge < -0.3 is 10.0 Å². The van der Waals surface area contributed by atoms with Gasteiger partial charge in [0.2, 0.25) is 5.91 Å². The van der Waals surface area contributed by atoms with Crippen LogP contribution in [-0.4, -0.2) is 53.4 Å². The summed E-state index contributed by atoms with van der Waals surface area (Å²) in [7, 11) is -3.16. The molecule has 1 amide bonds. The Kier molecular flexibility index (Phi) is 5.08. The van der Waals surface area contributed by atoms with Crippen molar-refractivity contribution in [2.45, 2.75) is 24.1 Å². The van der Waals surface area contributed by atoms with Gasteiger partial charge in [-0.1, -0.05) is 35.5 Å². The lowest BCUT2D eigenvalue weighted by Gasteiger charge is -2.25. The van der Waals surface area contributed by atoms with Gasteiger partial charge in [0.1, 0.15) is 0 Å². The number of amides is 1. The fourth-order valence-corrected chi connectivity index (χ4v) is 7.02. The molecule has 0 aromatic heterocycles. The van der Waals surface area contributed by atoms with E-state index >= 15 is 0 Å². The fraction of sp³-hybridized carbons (Fsp3) is 0.400. The van der Waals surface area contributed by atoms with Crippen LogP contribution >= 0.6 is 23.4 Å². The van der Waals surface area contributed by atoms with Crippen LogP contribution in [-0.2, 0) is 19.4 Å². The van der Waals surface area contributed by atoms with Crippen LogP contribution in [0.15, 0.2) is 29.3 Å². The molecule has 2 heterocycles. The van der Waals surface area contributed by atoms with Gasteiger partial charge in [0.05, 0.1) is 34.7 Å². The fourth-order valence-electron chi connectivity index (χ4n) is 2.87. The maximum atomic E-state index is 12.0. The van der Waals surface area contributed by atoms with Gasteiger partial charge in [-0.3, -0.25) is 9.59 Å². The molecule has 0 bridgehead atoms. The summed E-state index contributed by atoms with van der Waals surface area (Å²) in [5.41, 5.74) is 0.589. The first-order valence-electron chi connectivity index (χ1n) is 7.51. The number of thioether (sulfide) groups is 1. The first-order valence-corrected chi connectivity index (χ1v) is 10.6.